The molecule has 1 atom stereocenters. The monoisotopic (exact) mass is 574 g/mol. The van der Waals surface area contributed by atoms with E-state index in [2.05, 4.69) is 5.92 Å². The Labute approximate surface area is 241 Å². The predicted molar refractivity (Wildman–Crippen MR) is 154 cm³/mol. The Hall–Kier alpha value is -4.49. The van der Waals surface area contributed by atoms with Crippen LogP contribution in [0.1, 0.15) is 50.8 Å². The minimum Gasteiger partial charge on any atom is -0.490 e. The summed E-state index contributed by atoms with van der Waals surface area (Å²) in [6, 6.07) is 10.1. The average molecular weight is 575 g/mol. The second-order valence-electron chi connectivity index (χ2n) is 9.16. The normalized spacial score (nSPS) is 15.7. The molecular weight excluding hydrogens is 544 g/mol. The van der Waals surface area contributed by atoms with E-state index in [1.54, 1.807) is 35.8 Å². The number of nitrogens with zero attached hydrogens (tertiary/aromatic N) is 2. The number of allylic oxidation sites excluding steroid dienone is 1. The molecule has 0 radical (unpaired) electrons. The topological polar surface area (TPSA) is 97.6 Å². The minimum atomic E-state index is -0.748. The standard InChI is InChI=1S/C31H30N2O7S/c1-5-9-21-27(30(35)37-8-4)28(20-11-13-23-25(17-20)40-18-39-23)33-29(34)26(41-31(33)32-21)16-19-10-12-22(38-14-6-2)24(15-19)36-7-3/h2,10-13,15-17,28H,5,7-9,14,18H2,1,3-4H3/b26-16-/t28-/m1/s1. The highest BCUT2D eigenvalue weighted by Gasteiger charge is 2.35. The van der Waals surface area contributed by atoms with Crippen LogP contribution in [-0.4, -0.2) is 37.1 Å². The second kappa shape index (κ2) is 12.4. The highest BCUT2D eigenvalue weighted by molar-refractivity contribution is 7.07. The number of benzene rings is 2. The molecule has 0 N–H and O–H groups in total. The lowest BCUT2D eigenvalue weighted by Gasteiger charge is -2.25. The number of aromatic nitrogens is 1. The fraction of sp³-hybridized carbons (Fsp3) is 0.323. The van der Waals surface area contributed by atoms with E-state index in [9.17, 15) is 9.59 Å². The maximum atomic E-state index is 14.0. The molecule has 10 heteroatoms. The van der Waals surface area contributed by atoms with Gasteiger partial charge in [0.05, 0.1) is 35.1 Å². The summed E-state index contributed by atoms with van der Waals surface area (Å²) in [6.45, 7) is 6.50. The van der Waals surface area contributed by atoms with Gasteiger partial charge >= 0.3 is 5.97 Å². The summed E-state index contributed by atoms with van der Waals surface area (Å²) in [5.41, 5.74) is 2.11. The molecule has 2 aliphatic rings. The van der Waals surface area contributed by atoms with Crippen LogP contribution in [0.4, 0.5) is 0 Å². The molecule has 0 spiro atoms. The number of fused-ring (bicyclic) bond motifs is 2. The molecular formula is C31H30N2O7S. The zero-order valence-corrected chi connectivity index (χ0v) is 23.9. The summed E-state index contributed by atoms with van der Waals surface area (Å²) in [7, 11) is 0. The first kappa shape index (κ1) is 28.1. The van der Waals surface area contributed by atoms with Crippen molar-refractivity contribution in [2.75, 3.05) is 26.6 Å². The average Bonchev–Trinajstić information content (AvgIpc) is 3.56. The van der Waals surface area contributed by atoms with Crippen molar-refractivity contribution in [1.29, 1.82) is 0 Å². The number of hydrogen-bond donors (Lipinski definition) is 0. The van der Waals surface area contributed by atoms with E-state index in [-0.39, 0.29) is 25.6 Å². The SMILES string of the molecule is C#CCOc1ccc(/C=c2\sc3n(c2=O)[C@H](c2ccc4c(c2)OCO4)C(C(=O)OCC)=C(CCC)N=3)cc1OCC. The fourth-order valence-corrected chi connectivity index (χ4v) is 5.81. The van der Waals surface area contributed by atoms with Crippen molar-refractivity contribution >= 4 is 23.4 Å². The van der Waals surface area contributed by atoms with Gasteiger partial charge in [0, 0.05) is 0 Å². The van der Waals surface area contributed by atoms with Gasteiger partial charge in [-0.05, 0) is 61.7 Å². The quantitative estimate of drug-likeness (QED) is 0.269. The first-order valence-corrected chi connectivity index (χ1v) is 14.2. The van der Waals surface area contributed by atoms with Crippen LogP contribution in [0.5, 0.6) is 23.0 Å². The van der Waals surface area contributed by atoms with E-state index in [0.717, 1.165) is 12.0 Å². The van der Waals surface area contributed by atoms with Gasteiger partial charge in [-0.3, -0.25) is 9.36 Å². The Morgan fingerprint density at radius 2 is 1.95 bits per heavy atom. The number of thiazole rings is 1. The summed E-state index contributed by atoms with van der Waals surface area (Å²) in [5, 5.41) is 0. The number of hydrogen-bond acceptors (Lipinski definition) is 9. The Balaban J connectivity index is 1.68. The van der Waals surface area contributed by atoms with Crippen molar-refractivity contribution in [2.45, 2.75) is 39.7 Å². The molecule has 5 rings (SSSR count). The third-order valence-electron chi connectivity index (χ3n) is 6.48. The molecule has 0 saturated heterocycles. The van der Waals surface area contributed by atoms with Crippen molar-refractivity contribution in [3.05, 3.63) is 78.5 Å². The highest BCUT2D eigenvalue weighted by atomic mass is 32.1. The summed E-state index contributed by atoms with van der Waals surface area (Å²) >= 11 is 1.26. The van der Waals surface area contributed by atoms with Crippen LogP contribution in [0.25, 0.3) is 6.08 Å². The number of carbonyl (C=O) groups excluding carboxylic acids is 1. The first-order chi connectivity index (χ1) is 20.0. The van der Waals surface area contributed by atoms with Gasteiger partial charge in [0.25, 0.3) is 5.56 Å². The molecule has 41 heavy (non-hydrogen) atoms. The van der Waals surface area contributed by atoms with Gasteiger partial charge in [0.1, 0.15) is 6.61 Å². The minimum absolute atomic E-state index is 0.111. The maximum absolute atomic E-state index is 14.0. The number of terminal acetylenes is 1. The van der Waals surface area contributed by atoms with Gasteiger partial charge in [-0.1, -0.05) is 42.7 Å². The summed E-state index contributed by atoms with van der Waals surface area (Å²) < 4.78 is 29.9. The van der Waals surface area contributed by atoms with Gasteiger partial charge in [0.2, 0.25) is 6.79 Å². The van der Waals surface area contributed by atoms with Crippen LogP contribution in [0.15, 0.2) is 57.5 Å². The predicted octanol–water partition coefficient (Wildman–Crippen LogP) is 3.72. The summed E-state index contributed by atoms with van der Waals surface area (Å²) in [5.74, 6) is 4.16. The van der Waals surface area contributed by atoms with Crippen LogP contribution < -0.4 is 33.8 Å². The van der Waals surface area contributed by atoms with E-state index in [1.807, 2.05) is 32.0 Å². The lowest BCUT2D eigenvalue weighted by atomic mass is 9.94. The van der Waals surface area contributed by atoms with Crippen LogP contribution in [0, 0.1) is 12.3 Å². The number of esters is 1. The lowest BCUT2D eigenvalue weighted by Crippen LogP contribution is -2.40. The molecule has 3 heterocycles. The first-order valence-electron chi connectivity index (χ1n) is 13.4. The third kappa shape index (κ3) is 5.58. The Morgan fingerprint density at radius 1 is 1.12 bits per heavy atom. The van der Waals surface area contributed by atoms with Crippen molar-refractivity contribution < 1.29 is 28.5 Å². The fourth-order valence-electron chi connectivity index (χ4n) is 4.79. The van der Waals surface area contributed by atoms with Crippen LogP contribution in [0.3, 0.4) is 0 Å². The van der Waals surface area contributed by atoms with E-state index >= 15 is 0 Å². The molecule has 212 valence electrons. The Kier molecular flexibility index (Phi) is 8.45. The van der Waals surface area contributed by atoms with Crippen molar-refractivity contribution in [3.63, 3.8) is 0 Å². The zero-order valence-electron chi connectivity index (χ0n) is 23.1. The van der Waals surface area contributed by atoms with Gasteiger partial charge < -0.3 is 23.7 Å². The third-order valence-corrected chi connectivity index (χ3v) is 7.46. The van der Waals surface area contributed by atoms with Crippen LogP contribution in [-0.2, 0) is 9.53 Å². The molecule has 2 aromatic carbocycles. The van der Waals surface area contributed by atoms with Crippen molar-refractivity contribution in [1.82, 2.24) is 4.57 Å². The largest absolute Gasteiger partial charge is 0.490 e. The number of ether oxygens (including phenoxy) is 5. The van der Waals surface area contributed by atoms with E-state index < -0.39 is 12.0 Å². The molecule has 0 saturated carbocycles. The van der Waals surface area contributed by atoms with Crippen molar-refractivity contribution in [3.8, 4) is 35.3 Å². The molecule has 0 bridgehead atoms. The van der Waals surface area contributed by atoms with Crippen LogP contribution in [0.2, 0.25) is 0 Å². The summed E-state index contributed by atoms with van der Waals surface area (Å²) in [4.78, 5) is 32.7. The molecule has 0 fully saturated rings. The van der Waals surface area contributed by atoms with Gasteiger partial charge in [-0.25, -0.2) is 9.79 Å². The highest BCUT2D eigenvalue weighted by Crippen LogP contribution is 2.39. The molecule has 0 aliphatic carbocycles. The second-order valence-corrected chi connectivity index (χ2v) is 10.2. The van der Waals surface area contributed by atoms with Gasteiger partial charge in [0.15, 0.2) is 27.8 Å². The maximum Gasteiger partial charge on any atom is 0.338 e. The lowest BCUT2D eigenvalue weighted by molar-refractivity contribution is -0.139. The van der Waals surface area contributed by atoms with Crippen LogP contribution >= 0.6 is 11.3 Å². The molecule has 0 unspecified atom stereocenters. The molecule has 2 aliphatic heterocycles. The van der Waals surface area contributed by atoms with E-state index in [4.69, 9.17) is 35.1 Å². The molecule has 1 aromatic heterocycles. The molecule has 3 aromatic rings. The molecule has 0 amide bonds. The smallest absolute Gasteiger partial charge is 0.338 e. The van der Waals surface area contributed by atoms with Gasteiger partial charge in [-0.15, -0.1) is 6.42 Å². The zero-order chi connectivity index (χ0) is 28.9. The number of carbonyl (C=O) groups is 1. The van der Waals surface area contributed by atoms with E-state index in [0.29, 0.717) is 62.2 Å². The number of rotatable bonds is 10. The van der Waals surface area contributed by atoms with E-state index in [1.165, 1.54) is 11.3 Å². The summed E-state index contributed by atoms with van der Waals surface area (Å²) in [6.07, 6.45) is 8.43. The Bertz CT molecular complexity index is 1730. The van der Waals surface area contributed by atoms with Gasteiger partial charge in [-0.2, -0.15) is 0 Å². The molecule has 9 nitrogen and oxygen atoms in total. The Morgan fingerprint density at radius 3 is 2.71 bits per heavy atom. The van der Waals surface area contributed by atoms with Crippen molar-refractivity contribution in [2.24, 2.45) is 4.99 Å².